The Bertz CT molecular complexity index is 443. The summed E-state index contributed by atoms with van der Waals surface area (Å²) in [6.07, 6.45) is 6.24. The van der Waals surface area contributed by atoms with Crippen LogP contribution in [-0.4, -0.2) is 61.0 Å². The van der Waals surface area contributed by atoms with Gasteiger partial charge in [-0.3, -0.25) is 9.67 Å². The van der Waals surface area contributed by atoms with Crippen LogP contribution in [0.1, 0.15) is 24.3 Å². The number of methoxy groups -OCH3 is 1. The molecule has 112 valence electrons. The van der Waals surface area contributed by atoms with Crippen LogP contribution in [0.25, 0.3) is 0 Å². The molecule has 1 unspecified atom stereocenters. The Kier molecular flexibility index (Phi) is 5.40. The predicted molar refractivity (Wildman–Crippen MR) is 80.0 cm³/mol. The summed E-state index contributed by atoms with van der Waals surface area (Å²) < 4.78 is 6.93. The number of ether oxygens (including phenoxy) is 1. The second kappa shape index (κ2) is 7.28. The number of aryl methyl sites for hydroxylation is 1. The van der Waals surface area contributed by atoms with Gasteiger partial charge in [0, 0.05) is 59.6 Å². The molecule has 1 aromatic rings. The summed E-state index contributed by atoms with van der Waals surface area (Å²) in [5.74, 6) is 1.55. The van der Waals surface area contributed by atoms with E-state index in [-0.39, 0.29) is 0 Å². The minimum absolute atomic E-state index is 0.557. The zero-order valence-electron chi connectivity index (χ0n) is 12.7. The van der Waals surface area contributed by atoms with Gasteiger partial charge in [0.2, 0.25) is 0 Å². The maximum atomic E-state index is 5.06. The van der Waals surface area contributed by atoms with Gasteiger partial charge in [0.25, 0.3) is 0 Å². The summed E-state index contributed by atoms with van der Waals surface area (Å²) in [5, 5.41) is 7.66. The van der Waals surface area contributed by atoms with Crippen molar-refractivity contribution >= 4 is 5.96 Å². The smallest absolute Gasteiger partial charge is 0.193 e. The summed E-state index contributed by atoms with van der Waals surface area (Å²) in [7, 11) is 5.54. The molecule has 0 aliphatic carbocycles. The molecular formula is C14H25N5O. The summed E-state index contributed by atoms with van der Waals surface area (Å²) in [4.78, 5) is 6.69. The van der Waals surface area contributed by atoms with Gasteiger partial charge in [-0.1, -0.05) is 0 Å². The molecule has 20 heavy (non-hydrogen) atoms. The molecule has 0 amide bonds. The number of aliphatic imine (C=N–C) groups is 1. The fourth-order valence-corrected chi connectivity index (χ4v) is 2.62. The second-order valence-electron chi connectivity index (χ2n) is 5.20. The molecule has 1 N–H and O–H groups in total. The number of likely N-dealkylation sites (tertiary alicyclic amines) is 1. The molecule has 1 fully saturated rings. The summed E-state index contributed by atoms with van der Waals surface area (Å²) in [5.41, 5.74) is 1.32. The zero-order valence-corrected chi connectivity index (χ0v) is 12.7. The van der Waals surface area contributed by atoms with Crippen molar-refractivity contribution < 1.29 is 4.74 Å². The highest BCUT2D eigenvalue weighted by Crippen LogP contribution is 2.26. The Morgan fingerprint density at radius 2 is 2.45 bits per heavy atom. The van der Waals surface area contributed by atoms with Gasteiger partial charge in [0.1, 0.15) is 0 Å². The Hall–Kier alpha value is -1.56. The first-order chi connectivity index (χ1) is 9.74. The molecule has 1 atom stereocenters. The van der Waals surface area contributed by atoms with E-state index in [1.54, 1.807) is 7.11 Å². The van der Waals surface area contributed by atoms with Crippen LogP contribution >= 0.6 is 0 Å². The lowest BCUT2D eigenvalue weighted by Gasteiger charge is -2.21. The van der Waals surface area contributed by atoms with Gasteiger partial charge in [-0.25, -0.2) is 0 Å². The SMILES string of the molecule is CN=C(NCCCOC)N1CCC(c2cnn(C)c2)C1. The van der Waals surface area contributed by atoms with Crippen LogP contribution in [0, 0.1) is 0 Å². The quantitative estimate of drug-likeness (QED) is 0.492. The molecule has 0 aromatic carbocycles. The molecular weight excluding hydrogens is 254 g/mol. The number of hydrogen-bond acceptors (Lipinski definition) is 3. The normalized spacial score (nSPS) is 19.6. The topological polar surface area (TPSA) is 54.7 Å². The van der Waals surface area contributed by atoms with E-state index in [1.807, 2.05) is 25.0 Å². The summed E-state index contributed by atoms with van der Waals surface area (Å²) in [6.45, 7) is 3.73. The van der Waals surface area contributed by atoms with E-state index in [0.717, 1.165) is 45.0 Å². The molecule has 1 aliphatic heterocycles. The fourth-order valence-electron chi connectivity index (χ4n) is 2.62. The Morgan fingerprint density at radius 1 is 1.60 bits per heavy atom. The van der Waals surface area contributed by atoms with Crippen molar-refractivity contribution in [2.45, 2.75) is 18.8 Å². The number of nitrogens with zero attached hydrogens (tertiary/aromatic N) is 4. The minimum atomic E-state index is 0.557. The van der Waals surface area contributed by atoms with E-state index in [4.69, 9.17) is 4.74 Å². The lowest BCUT2D eigenvalue weighted by Crippen LogP contribution is -2.40. The highest BCUT2D eigenvalue weighted by atomic mass is 16.5. The van der Waals surface area contributed by atoms with E-state index in [2.05, 4.69) is 26.5 Å². The Labute approximate surface area is 120 Å². The Balaban J connectivity index is 1.84. The van der Waals surface area contributed by atoms with Crippen molar-refractivity contribution in [2.75, 3.05) is 40.4 Å². The van der Waals surface area contributed by atoms with Crippen LogP contribution < -0.4 is 5.32 Å². The first-order valence-electron chi connectivity index (χ1n) is 7.17. The maximum Gasteiger partial charge on any atom is 0.193 e. The average molecular weight is 279 g/mol. The van der Waals surface area contributed by atoms with Crippen molar-refractivity contribution in [3.8, 4) is 0 Å². The lowest BCUT2D eigenvalue weighted by molar-refractivity contribution is 0.195. The lowest BCUT2D eigenvalue weighted by atomic mass is 10.0. The van der Waals surface area contributed by atoms with Crippen molar-refractivity contribution in [3.63, 3.8) is 0 Å². The van der Waals surface area contributed by atoms with Crippen molar-refractivity contribution in [3.05, 3.63) is 18.0 Å². The average Bonchev–Trinajstić information content (AvgIpc) is 3.08. The second-order valence-corrected chi connectivity index (χ2v) is 5.20. The van der Waals surface area contributed by atoms with Gasteiger partial charge in [0.15, 0.2) is 5.96 Å². The van der Waals surface area contributed by atoms with Gasteiger partial charge >= 0.3 is 0 Å². The third-order valence-corrected chi connectivity index (χ3v) is 3.70. The summed E-state index contributed by atoms with van der Waals surface area (Å²) >= 11 is 0. The third-order valence-electron chi connectivity index (χ3n) is 3.70. The van der Waals surface area contributed by atoms with Gasteiger partial charge in [-0.2, -0.15) is 5.10 Å². The van der Waals surface area contributed by atoms with Crippen LogP contribution in [0.5, 0.6) is 0 Å². The van der Waals surface area contributed by atoms with Crippen LogP contribution in [-0.2, 0) is 11.8 Å². The van der Waals surface area contributed by atoms with Crippen molar-refractivity contribution in [2.24, 2.45) is 12.0 Å². The van der Waals surface area contributed by atoms with Crippen LogP contribution in [0.2, 0.25) is 0 Å². The number of rotatable bonds is 5. The highest BCUT2D eigenvalue weighted by Gasteiger charge is 2.26. The Morgan fingerprint density at radius 3 is 3.10 bits per heavy atom. The van der Waals surface area contributed by atoms with E-state index in [0.29, 0.717) is 5.92 Å². The predicted octanol–water partition coefficient (Wildman–Crippen LogP) is 0.821. The van der Waals surface area contributed by atoms with Gasteiger partial charge in [0.05, 0.1) is 6.20 Å². The molecule has 6 heteroatoms. The minimum Gasteiger partial charge on any atom is -0.385 e. The largest absolute Gasteiger partial charge is 0.385 e. The van der Waals surface area contributed by atoms with Crippen LogP contribution in [0.3, 0.4) is 0 Å². The van der Waals surface area contributed by atoms with Crippen molar-refractivity contribution in [1.82, 2.24) is 20.0 Å². The molecule has 2 heterocycles. The van der Waals surface area contributed by atoms with E-state index >= 15 is 0 Å². The molecule has 0 spiro atoms. The van der Waals surface area contributed by atoms with Crippen LogP contribution in [0.4, 0.5) is 0 Å². The van der Waals surface area contributed by atoms with E-state index in [1.165, 1.54) is 5.56 Å². The van der Waals surface area contributed by atoms with Gasteiger partial charge < -0.3 is 15.0 Å². The fraction of sp³-hybridized carbons (Fsp3) is 0.714. The number of hydrogen-bond donors (Lipinski definition) is 1. The molecule has 1 saturated heterocycles. The molecule has 1 aliphatic rings. The van der Waals surface area contributed by atoms with E-state index < -0.39 is 0 Å². The molecule has 0 saturated carbocycles. The standard InChI is InChI=1S/C14H25N5O/c1-15-14(16-6-4-8-20-3)19-7-5-12(11-19)13-9-17-18(2)10-13/h9-10,12H,4-8,11H2,1-3H3,(H,15,16). The monoisotopic (exact) mass is 279 g/mol. The van der Waals surface area contributed by atoms with Crippen molar-refractivity contribution in [1.29, 1.82) is 0 Å². The molecule has 1 aromatic heterocycles. The molecule has 2 rings (SSSR count). The number of guanidine groups is 1. The first kappa shape index (κ1) is 14.8. The zero-order chi connectivity index (χ0) is 14.4. The number of nitrogens with one attached hydrogen (secondary N) is 1. The highest BCUT2D eigenvalue weighted by molar-refractivity contribution is 5.80. The first-order valence-corrected chi connectivity index (χ1v) is 7.17. The number of aromatic nitrogens is 2. The molecule has 0 radical (unpaired) electrons. The maximum absolute atomic E-state index is 5.06. The van der Waals surface area contributed by atoms with Gasteiger partial charge in [-0.15, -0.1) is 0 Å². The summed E-state index contributed by atoms with van der Waals surface area (Å²) in [6, 6.07) is 0. The molecule has 0 bridgehead atoms. The molecule has 6 nitrogen and oxygen atoms in total. The third kappa shape index (κ3) is 3.72. The van der Waals surface area contributed by atoms with Gasteiger partial charge in [-0.05, 0) is 18.4 Å². The van der Waals surface area contributed by atoms with E-state index in [9.17, 15) is 0 Å². The van der Waals surface area contributed by atoms with Crippen LogP contribution in [0.15, 0.2) is 17.4 Å².